The Balaban J connectivity index is 2.07. The normalized spacial score (nSPS) is 11.7. The Morgan fingerprint density at radius 1 is 0.731 bits per heavy atom. The van der Waals surface area contributed by atoms with E-state index in [-0.39, 0.29) is 5.69 Å². The van der Waals surface area contributed by atoms with Gasteiger partial charge in [0.25, 0.3) is 0 Å². The summed E-state index contributed by atoms with van der Waals surface area (Å²) < 4.78 is 40.6. The van der Waals surface area contributed by atoms with Gasteiger partial charge in [0.1, 0.15) is 0 Å². The molecule has 5 heteroatoms. The zero-order valence-corrected chi connectivity index (χ0v) is 13.5. The first-order valence-corrected chi connectivity index (χ1v) is 8.02. The molecule has 0 radical (unpaired) electrons. The van der Waals surface area contributed by atoms with Crippen LogP contribution in [0.3, 0.4) is 0 Å². The van der Waals surface area contributed by atoms with E-state index in [2.05, 4.69) is 9.97 Å². The van der Waals surface area contributed by atoms with Gasteiger partial charge in [-0.25, -0.2) is 4.98 Å². The van der Waals surface area contributed by atoms with Gasteiger partial charge in [0.15, 0.2) is 0 Å². The van der Waals surface area contributed by atoms with Crippen LogP contribution in [0.1, 0.15) is 5.56 Å². The minimum atomic E-state index is -4.50. The second-order valence-electron chi connectivity index (χ2n) is 5.84. The maximum atomic E-state index is 13.5. The number of fused-ring (bicyclic) bond motifs is 1. The predicted octanol–water partition coefficient (Wildman–Crippen LogP) is 5.98. The van der Waals surface area contributed by atoms with Crippen LogP contribution in [0.25, 0.3) is 33.4 Å². The van der Waals surface area contributed by atoms with E-state index in [9.17, 15) is 13.2 Å². The molecule has 2 aromatic heterocycles. The van der Waals surface area contributed by atoms with E-state index in [1.807, 2.05) is 54.6 Å². The van der Waals surface area contributed by atoms with Crippen molar-refractivity contribution >= 4 is 10.9 Å². The molecule has 0 aliphatic rings. The fourth-order valence-electron chi connectivity index (χ4n) is 2.96. The highest BCUT2D eigenvalue weighted by molar-refractivity contribution is 5.91. The van der Waals surface area contributed by atoms with Gasteiger partial charge in [-0.15, -0.1) is 0 Å². The van der Waals surface area contributed by atoms with Gasteiger partial charge < -0.3 is 0 Å². The molecule has 0 fully saturated rings. The quantitative estimate of drug-likeness (QED) is 0.444. The number of nitrogens with zero attached hydrogens (tertiary/aromatic N) is 2. The lowest BCUT2D eigenvalue weighted by atomic mass is 9.97. The summed E-state index contributed by atoms with van der Waals surface area (Å²) >= 11 is 0. The lowest BCUT2D eigenvalue weighted by molar-refractivity contribution is -0.137. The number of rotatable bonds is 2. The molecule has 0 bridgehead atoms. The van der Waals surface area contributed by atoms with Crippen LogP contribution in [0.15, 0.2) is 79.0 Å². The van der Waals surface area contributed by atoms with Crippen molar-refractivity contribution in [2.75, 3.05) is 0 Å². The molecule has 0 atom stereocenters. The Hall–Kier alpha value is -3.21. The van der Waals surface area contributed by atoms with E-state index in [1.54, 1.807) is 6.07 Å². The zero-order chi connectivity index (χ0) is 18.1. The van der Waals surface area contributed by atoms with E-state index in [0.29, 0.717) is 11.3 Å². The summed E-state index contributed by atoms with van der Waals surface area (Å²) in [6.07, 6.45) is -3.13. The predicted molar refractivity (Wildman–Crippen MR) is 95.4 cm³/mol. The highest BCUT2D eigenvalue weighted by atomic mass is 19.4. The number of hydrogen-bond donors (Lipinski definition) is 0. The van der Waals surface area contributed by atoms with Crippen LogP contribution in [-0.4, -0.2) is 9.97 Å². The molecule has 0 N–H and O–H groups in total. The highest BCUT2D eigenvalue weighted by Crippen LogP contribution is 2.39. The average molecular weight is 350 g/mol. The molecule has 2 heterocycles. The van der Waals surface area contributed by atoms with Crippen LogP contribution in [0, 0.1) is 0 Å². The van der Waals surface area contributed by atoms with Gasteiger partial charge >= 0.3 is 6.18 Å². The largest absolute Gasteiger partial charge is 0.418 e. The van der Waals surface area contributed by atoms with Gasteiger partial charge in [-0.3, -0.25) is 4.98 Å². The Bertz CT molecular complexity index is 1070. The minimum Gasteiger partial charge on any atom is -0.256 e. The van der Waals surface area contributed by atoms with Gasteiger partial charge in [0.05, 0.1) is 22.5 Å². The van der Waals surface area contributed by atoms with Crippen LogP contribution in [0.4, 0.5) is 13.2 Å². The van der Waals surface area contributed by atoms with E-state index in [0.717, 1.165) is 22.5 Å². The molecule has 2 aromatic carbocycles. The van der Waals surface area contributed by atoms with Gasteiger partial charge in [0.2, 0.25) is 0 Å². The van der Waals surface area contributed by atoms with Crippen LogP contribution < -0.4 is 0 Å². The van der Waals surface area contributed by atoms with Crippen molar-refractivity contribution in [3.8, 4) is 22.5 Å². The summed E-state index contributed by atoms with van der Waals surface area (Å²) in [6.45, 7) is 0. The summed E-state index contributed by atoms with van der Waals surface area (Å²) in [6, 6.07) is 20.6. The molecule has 26 heavy (non-hydrogen) atoms. The van der Waals surface area contributed by atoms with Crippen molar-refractivity contribution in [3.63, 3.8) is 0 Å². The van der Waals surface area contributed by atoms with Gasteiger partial charge in [-0.2, -0.15) is 13.2 Å². The van der Waals surface area contributed by atoms with Crippen LogP contribution in [-0.2, 0) is 6.18 Å². The summed E-state index contributed by atoms with van der Waals surface area (Å²) in [5.41, 5.74) is 1.43. The molecule has 0 saturated carbocycles. The molecule has 0 amide bonds. The Morgan fingerprint density at radius 3 is 2.23 bits per heavy atom. The molecule has 128 valence electrons. The number of aromatic nitrogens is 2. The molecule has 4 rings (SSSR count). The smallest absolute Gasteiger partial charge is 0.256 e. The van der Waals surface area contributed by atoms with Crippen LogP contribution >= 0.6 is 0 Å². The van der Waals surface area contributed by atoms with E-state index >= 15 is 0 Å². The number of benzene rings is 2. The molecule has 0 spiro atoms. The first-order valence-electron chi connectivity index (χ1n) is 8.02. The van der Waals surface area contributed by atoms with Crippen molar-refractivity contribution < 1.29 is 13.2 Å². The summed E-state index contributed by atoms with van der Waals surface area (Å²) in [5.74, 6) is 0. The maximum Gasteiger partial charge on any atom is 0.418 e. The lowest BCUT2D eigenvalue weighted by Gasteiger charge is -2.15. The minimum absolute atomic E-state index is 0.114. The second kappa shape index (κ2) is 6.26. The van der Waals surface area contributed by atoms with Crippen molar-refractivity contribution in [2.45, 2.75) is 6.18 Å². The average Bonchev–Trinajstić information content (AvgIpc) is 2.67. The molecule has 4 aromatic rings. The van der Waals surface area contributed by atoms with Gasteiger partial charge in [-0.05, 0) is 24.3 Å². The standard InChI is InChI=1S/C21H13F3N2/c22-21(23,24)17-10-6-12-25-20(17)16-13-15-9-4-5-11-18(15)26-19(16)14-7-2-1-3-8-14/h1-13H. The third-order valence-electron chi connectivity index (χ3n) is 4.14. The fraction of sp³-hybridized carbons (Fsp3) is 0.0476. The molecule has 0 unspecified atom stereocenters. The molecule has 0 saturated heterocycles. The second-order valence-corrected chi connectivity index (χ2v) is 5.84. The molecule has 2 nitrogen and oxygen atoms in total. The molecular weight excluding hydrogens is 337 g/mol. The van der Waals surface area contributed by atoms with Crippen molar-refractivity contribution in [2.24, 2.45) is 0 Å². The van der Waals surface area contributed by atoms with Crippen molar-refractivity contribution in [3.05, 3.63) is 84.6 Å². The fourth-order valence-corrected chi connectivity index (χ4v) is 2.96. The SMILES string of the molecule is FC(F)(F)c1cccnc1-c1cc2ccccc2nc1-c1ccccc1. The number of alkyl halides is 3. The summed E-state index contributed by atoms with van der Waals surface area (Å²) in [7, 11) is 0. The van der Waals surface area contributed by atoms with Crippen molar-refractivity contribution in [1.82, 2.24) is 9.97 Å². The van der Waals surface area contributed by atoms with E-state index < -0.39 is 11.7 Å². The lowest BCUT2D eigenvalue weighted by Crippen LogP contribution is -2.09. The van der Waals surface area contributed by atoms with E-state index in [1.165, 1.54) is 12.3 Å². The summed E-state index contributed by atoms with van der Waals surface area (Å²) in [5, 5.41) is 0.765. The highest BCUT2D eigenvalue weighted by Gasteiger charge is 2.35. The number of hydrogen-bond acceptors (Lipinski definition) is 2. The monoisotopic (exact) mass is 350 g/mol. The Labute approximate surface area is 148 Å². The molecular formula is C21H13F3N2. The maximum absolute atomic E-state index is 13.5. The van der Waals surface area contributed by atoms with Gasteiger partial charge in [0, 0.05) is 22.7 Å². The van der Waals surface area contributed by atoms with Crippen molar-refractivity contribution in [1.29, 1.82) is 0 Å². The van der Waals surface area contributed by atoms with E-state index in [4.69, 9.17) is 0 Å². The zero-order valence-electron chi connectivity index (χ0n) is 13.5. The Kier molecular flexibility index (Phi) is 3.92. The Morgan fingerprint density at radius 2 is 1.46 bits per heavy atom. The van der Waals surface area contributed by atoms with Crippen LogP contribution in [0.5, 0.6) is 0 Å². The van der Waals surface area contributed by atoms with Crippen LogP contribution in [0.2, 0.25) is 0 Å². The first-order chi connectivity index (χ1) is 12.5. The molecule has 0 aliphatic carbocycles. The van der Waals surface area contributed by atoms with Gasteiger partial charge in [-0.1, -0.05) is 48.5 Å². The topological polar surface area (TPSA) is 25.8 Å². The number of para-hydroxylation sites is 1. The number of pyridine rings is 2. The third-order valence-corrected chi connectivity index (χ3v) is 4.14. The third kappa shape index (κ3) is 2.92. The first kappa shape index (κ1) is 16.3. The molecule has 0 aliphatic heterocycles. The summed E-state index contributed by atoms with van der Waals surface area (Å²) in [4.78, 5) is 8.69. The number of halogens is 3.